The third-order valence-corrected chi connectivity index (χ3v) is 3.73. The van der Waals surface area contributed by atoms with Crippen molar-refractivity contribution in [3.63, 3.8) is 0 Å². The van der Waals surface area contributed by atoms with E-state index in [1.165, 1.54) is 26.4 Å². The molecule has 0 heterocycles. The Bertz CT molecular complexity index is 230. The van der Waals surface area contributed by atoms with Gasteiger partial charge in [0.1, 0.15) is 0 Å². The van der Waals surface area contributed by atoms with Gasteiger partial charge in [-0.25, -0.2) is 0 Å². The fraction of sp³-hybridized carbons (Fsp3) is 0.923. The summed E-state index contributed by atoms with van der Waals surface area (Å²) in [4.78, 5) is 11.5. The molecule has 0 aromatic carbocycles. The molecule has 0 aromatic heterocycles. The maximum absolute atomic E-state index is 11.5. The third-order valence-electron chi connectivity index (χ3n) is 3.73. The van der Waals surface area contributed by atoms with E-state index < -0.39 is 0 Å². The molecule has 2 atom stereocenters. The van der Waals surface area contributed by atoms with Crippen LogP contribution in [0.5, 0.6) is 0 Å². The summed E-state index contributed by atoms with van der Waals surface area (Å²) in [6, 6.07) is 0. The van der Waals surface area contributed by atoms with E-state index in [1.54, 1.807) is 0 Å². The van der Waals surface area contributed by atoms with Crippen molar-refractivity contribution in [2.75, 3.05) is 13.7 Å². The second kappa shape index (κ2) is 6.24. The molecular weight excluding hydrogens is 202 g/mol. The molecule has 16 heavy (non-hydrogen) atoms. The summed E-state index contributed by atoms with van der Waals surface area (Å²) in [6.45, 7) is 5.33. The van der Waals surface area contributed by atoms with Gasteiger partial charge in [0.15, 0.2) is 0 Å². The van der Waals surface area contributed by atoms with Crippen LogP contribution in [0.3, 0.4) is 0 Å². The smallest absolute Gasteiger partial charge is 0.307 e. The van der Waals surface area contributed by atoms with Gasteiger partial charge in [-0.15, -0.1) is 0 Å². The molecule has 0 bridgehead atoms. The molecule has 0 radical (unpaired) electrons. The highest BCUT2D eigenvalue weighted by molar-refractivity contribution is 5.70. The molecule has 0 aromatic rings. The van der Waals surface area contributed by atoms with Crippen molar-refractivity contribution in [1.29, 1.82) is 0 Å². The molecule has 3 heteroatoms. The van der Waals surface area contributed by atoms with E-state index in [1.807, 2.05) is 0 Å². The van der Waals surface area contributed by atoms with Crippen LogP contribution in [0.25, 0.3) is 0 Å². The van der Waals surface area contributed by atoms with Gasteiger partial charge in [0.05, 0.1) is 13.5 Å². The molecular formula is C13H25NO2. The lowest BCUT2D eigenvalue weighted by Gasteiger charge is -2.32. The quantitative estimate of drug-likeness (QED) is 0.592. The first-order valence-electron chi connectivity index (χ1n) is 6.44. The summed E-state index contributed by atoms with van der Waals surface area (Å²) in [5.74, 6) is 0.702. The Morgan fingerprint density at radius 2 is 2.19 bits per heavy atom. The maximum atomic E-state index is 11.5. The van der Waals surface area contributed by atoms with Crippen LogP contribution in [0, 0.1) is 5.92 Å². The van der Waals surface area contributed by atoms with Gasteiger partial charge in [-0.05, 0) is 31.7 Å². The number of esters is 1. The van der Waals surface area contributed by atoms with Crippen molar-refractivity contribution in [2.24, 2.45) is 5.92 Å². The van der Waals surface area contributed by atoms with E-state index in [-0.39, 0.29) is 11.5 Å². The summed E-state index contributed by atoms with van der Waals surface area (Å²) in [5, 5.41) is 3.52. The van der Waals surface area contributed by atoms with Crippen LogP contribution in [-0.2, 0) is 9.53 Å². The van der Waals surface area contributed by atoms with Gasteiger partial charge in [-0.2, -0.15) is 0 Å². The summed E-state index contributed by atoms with van der Waals surface area (Å²) >= 11 is 0. The van der Waals surface area contributed by atoms with E-state index in [4.69, 9.17) is 4.74 Å². The van der Waals surface area contributed by atoms with Crippen molar-refractivity contribution in [3.8, 4) is 0 Å². The minimum Gasteiger partial charge on any atom is -0.469 e. The van der Waals surface area contributed by atoms with Gasteiger partial charge in [0.2, 0.25) is 0 Å². The summed E-state index contributed by atoms with van der Waals surface area (Å²) < 4.78 is 4.81. The number of hydrogen-bond acceptors (Lipinski definition) is 3. The van der Waals surface area contributed by atoms with Gasteiger partial charge in [-0.3, -0.25) is 4.79 Å². The number of carbonyl (C=O) groups excluding carboxylic acids is 1. The number of carbonyl (C=O) groups is 1. The van der Waals surface area contributed by atoms with Gasteiger partial charge in [-0.1, -0.05) is 26.7 Å². The molecule has 1 aliphatic rings. The molecule has 0 amide bonds. The van der Waals surface area contributed by atoms with Gasteiger partial charge < -0.3 is 10.1 Å². The minimum absolute atomic E-state index is 0.00734. The summed E-state index contributed by atoms with van der Waals surface area (Å²) in [7, 11) is 1.47. The van der Waals surface area contributed by atoms with Crippen molar-refractivity contribution < 1.29 is 9.53 Å². The SMILES string of the molecule is CCNC1(CC(=O)OC)CCCC(C)CC1. The van der Waals surface area contributed by atoms with Gasteiger partial charge in [0, 0.05) is 5.54 Å². The lowest BCUT2D eigenvalue weighted by Crippen LogP contribution is -2.46. The Kier molecular flexibility index (Phi) is 5.26. The van der Waals surface area contributed by atoms with Crippen molar-refractivity contribution in [3.05, 3.63) is 0 Å². The number of ether oxygens (including phenoxy) is 1. The molecule has 0 aliphatic heterocycles. The molecule has 1 rings (SSSR count). The lowest BCUT2D eigenvalue weighted by atomic mass is 9.86. The Balaban J connectivity index is 2.66. The average molecular weight is 227 g/mol. The molecule has 1 aliphatic carbocycles. The van der Waals surface area contributed by atoms with Crippen LogP contribution in [0.4, 0.5) is 0 Å². The first-order valence-corrected chi connectivity index (χ1v) is 6.44. The van der Waals surface area contributed by atoms with Crippen molar-refractivity contribution in [2.45, 2.75) is 57.9 Å². The van der Waals surface area contributed by atoms with E-state index in [0.717, 1.165) is 25.3 Å². The zero-order valence-corrected chi connectivity index (χ0v) is 10.8. The number of hydrogen-bond donors (Lipinski definition) is 1. The molecule has 3 nitrogen and oxygen atoms in total. The average Bonchev–Trinajstić information content (AvgIpc) is 2.42. The highest BCUT2D eigenvalue weighted by Gasteiger charge is 2.33. The number of nitrogens with one attached hydrogen (secondary N) is 1. The van der Waals surface area contributed by atoms with Gasteiger partial charge >= 0.3 is 5.97 Å². The van der Waals surface area contributed by atoms with Crippen LogP contribution < -0.4 is 5.32 Å². The highest BCUT2D eigenvalue weighted by atomic mass is 16.5. The van der Waals surface area contributed by atoms with E-state index in [0.29, 0.717) is 6.42 Å². The van der Waals surface area contributed by atoms with Crippen LogP contribution in [0.2, 0.25) is 0 Å². The zero-order valence-electron chi connectivity index (χ0n) is 10.8. The Hall–Kier alpha value is -0.570. The Labute approximate surface area is 98.9 Å². The van der Waals surface area contributed by atoms with Crippen molar-refractivity contribution in [1.82, 2.24) is 5.32 Å². The summed E-state index contributed by atoms with van der Waals surface area (Å²) in [5.41, 5.74) is -0.00734. The zero-order chi connectivity index (χ0) is 12.0. The fourth-order valence-corrected chi connectivity index (χ4v) is 2.72. The van der Waals surface area contributed by atoms with Crippen LogP contribution >= 0.6 is 0 Å². The highest BCUT2D eigenvalue weighted by Crippen LogP contribution is 2.32. The topological polar surface area (TPSA) is 38.3 Å². The van der Waals surface area contributed by atoms with Crippen LogP contribution in [0.15, 0.2) is 0 Å². The number of methoxy groups -OCH3 is 1. The minimum atomic E-state index is -0.0875. The Morgan fingerprint density at radius 1 is 1.44 bits per heavy atom. The third kappa shape index (κ3) is 3.78. The molecule has 2 unspecified atom stereocenters. The molecule has 94 valence electrons. The second-order valence-electron chi connectivity index (χ2n) is 5.10. The monoisotopic (exact) mass is 227 g/mol. The first kappa shape index (κ1) is 13.5. The van der Waals surface area contributed by atoms with Gasteiger partial charge in [0.25, 0.3) is 0 Å². The van der Waals surface area contributed by atoms with E-state index >= 15 is 0 Å². The molecule has 1 saturated carbocycles. The largest absolute Gasteiger partial charge is 0.469 e. The summed E-state index contributed by atoms with van der Waals surface area (Å²) in [6.07, 6.45) is 6.42. The second-order valence-corrected chi connectivity index (χ2v) is 5.10. The molecule has 0 spiro atoms. The predicted octanol–water partition coefficient (Wildman–Crippen LogP) is 2.50. The number of rotatable bonds is 4. The normalized spacial score (nSPS) is 30.8. The first-order chi connectivity index (χ1) is 7.62. The van der Waals surface area contributed by atoms with Crippen LogP contribution in [-0.4, -0.2) is 25.2 Å². The molecule has 0 saturated heterocycles. The Morgan fingerprint density at radius 3 is 2.81 bits per heavy atom. The standard InChI is InChI=1S/C13H25NO2/c1-4-14-13(10-12(15)16-3)8-5-6-11(2)7-9-13/h11,14H,4-10H2,1-3H3. The van der Waals surface area contributed by atoms with E-state index in [9.17, 15) is 4.79 Å². The fourth-order valence-electron chi connectivity index (χ4n) is 2.72. The molecule has 1 fully saturated rings. The molecule has 1 N–H and O–H groups in total. The maximum Gasteiger partial charge on any atom is 0.307 e. The predicted molar refractivity (Wildman–Crippen MR) is 65.3 cm³/mol. The van der Waals surface area contributed by atoms with E-state index in [2.05, 4.69) is 19.2 Å². The lowest BCUT2D eigenvalue weighted by molar-refractivity contribution is -0.142. The van der Waals surface area contributed by atoms with Crippen molar-refractivity contribution >= 4 is 5.97 Å². The van der Waals surface area contributed by atoms with Crippen LogP contribution in [0.1, 0.15) is 52.4 Å².